The van der Waals surface area contributed by atoms with Crippen LogP contribution in [0.15, 0.2) is 30.3 Å². The molecule has 2 nitrogen and oxygen atoms in total. The highest BCUT2D eigenvalue weighted by atomic mass is 16.5. The SMILES string of the molecule is CC1O[C@@H](Cc2ccccc2)C1=O. The molecule has 1 aromatic carbocycles. The molecule has 1 aliphatic rings. The van der Waals surface area contributed by atoms with Crippen molar-refractivity contribution in [1.29, 1.82) is 0 Å². The van der Waals surface area contributed by atoms with Crippen LogP contribution in [-0.4, -0.2) is 18.0 Å². The summed E-state index contributed by atoms with van der Waals surface area (Å²) in [5.74, 6) is 0.226. The van der Waals surface area contributed by atoms with Gasteiger partial charge >= 0.3 is 0 Å². The normalized spacial score (nSPS) is 27.0. The fourth-order valence-corrected chi connectivity index (χ4v) is 1.55. The van der Waals surface area contributed by atoms with E-state index in [9.17, 15) is 4.79 Å². The van der Waals surface area contributed by atoms with Gasteiger partial charge in [-0.1, -0.05) is 30.3 Å². The zero-order valence-electron chi connectivity index (χ0n) is 7.57. The number of hydrogen-bond donors (Lipinski definition) is 0. The third kappa shape index (κ3) is 1.63. The largest absolute Gasteiger partial charge is 0.359 e. The van der Waals surface area contributed by atoms with Crippen molar-refractivity contribution in [1.82, 2.24) is 0 Å². The lowest BCUT2D eigenvalue weighted by Gasteiger charge is -2.31. The van der Waals surface area contributed by atoms with Crippen molar-refractivity contribution in [3.63, 3.8) is 0 Å². The predicted molar refractivity (Wildman–Crippen MR) is 49.5 cm³/mol. The van der Waals surface area contributed by atoms with Crippen LogP contribution < -0.4 is 0 Å². The van der Waals surface area contributed by atoms with Crippen LogP contribution in [0.25, 0.3) is 0 Å². The van der Waals surface area contributed by atoms with E-state index in [0.717, 1.165) is 5.56 Å². The van der Waals surface area contributed by atoms with E-state index in [1.165, 1.54) is 0 Å². The molecule has 0 saturated carbocycles. The molecule has 0 bridgehead atoms. The van der Waals surface area contributed by atoms with E-state index < -0.39 is 0 Å². The molecule has 68 valence electrons. The molecular weight excluding hydrogens is 164 g/mol. The number of benzene rings is 1. The van der Waals surface area contributed by atoms with Crippen LogP contribution in [0.1, 0.15) is 12.5 Å². The lowest BCUT2D eigenvalue weighted by Crippen LogP contribution is -2.48. The van der Waals surface area contributed by atoms with Gasteiger partial charge in [0.1, 0.15) is 12.2 Å². The average molecular weight is 176 g/mol. The van der Waals surface area contributed by atoms with E-state index in [0.29, 0.717) is 6.42 Å². The summed E-state index contributed by atoms with van der Waals surface area (Å²) in [7, 11) is 0. The van der Waals surface area contributed by atoms with Crippen molar-refractivity contribution in [2.75, 3.05) is 0 Å². The number of Topliss-reactive ketones (excluding diaryl/α,β-unsaturated/α-hetero) is 1. The van der Waals surface area contributed by atoms with Gasteiger partial charge in [0.05, 0.1) is 0 Å². The van der Waals surface area contributed by atoms with Crippen LogP contribution in [0.3, 0.4) is 0 Å². The van der Waals surface area contributed by atoms with Crippen molar-refractivity contribution in [3.05, 3.63) is 35.9 Å². The topological polar surface area (TPSA) is 26.3 Å². The van der Waals surface area contributed by atoms with Crippen molar-refractivity contribution in [2.24, 2.45) is 0 Å². The summed E-state index contributed by atoms with van der Waals surface area (Å²) in [6.07, 6.45) is 0.329. The third-order valence-electron chi connectivity index (χ3n) is 2.35. The summed E-state index contributed by atoms with van der Waals surface area (Å²) >= 11 is 0. The molecule has 1 aromatic rings. The molecule has 13 heavy (non-hydrogen) atoms. The monoisotopic (exact) mass is 176 g/mol. The second kappa shape index (κ2) is 3.30. The molecule has 0 N–H and O–H groups in total. The Bertz CT molecular complexity index is 305. The van der Waals surface area contributed by atoms with E-state index >= 15 is 0 Å². The van der Waals surface area contributed by atoms with Gasteiger partial charge in [0.15, 0.2) is 5.78 Å². The maximum Gasteiger partial charge on any atom is 0.190 e. The highest BCUT2D eigenvalue weighted by Gasteiger charge is 2.36. The predicted octanol–water partition coefficient (Wildman–Crippen LogP) is 1.59. The molecule has 0 radical (unpaired) electrons. The number of ether oxygens (including phenoxy) is 1. The molecular formula is C11H12O2. The summed E-state index contributed by atoms with van der Waals surface area (Å²) in [4.78, 5) is 11.2. The van der Waals surface area contributed by atoms with E-state index in [1.807, 2.05) is 30.3 Å². The van der Waals surface area contributed by atoms with E-state index in [4.69, 9.17) is 4.74 Å². The van der Waals surface area contributed by atoms with E-state index in [2.05, 4.69) is 0 Å². The van der Waals surface area contributed by atoms with Gasteiger partial charge in [-0.2, -0.15) is 0 Å². The van der Waals surface area contributed by atoms with E-state index in [-0.39, 0.29) is 18.0 Å². The molecule has 1 heterocycles. The van der Waals surface area contributed by atoms with Crippen LogP contribution in [0.5, 0.6) is 0 Å². The first-order chi connectivity index (χ1) is 6.27. The first-order valence-corrected chi connectivity index (χ1v) is 4.50. The summed E-state index contributed by atoms with van der Waals surface area (Å²) in [5, 5.41) is 0. The van der Waals surface area contributed by atoms with Crippen LogP contribution >= 0.6 is 0 Å². The Morgan fingerprint density at radius 2 is 2.00 bits per heavy atom. The van der Waals surface area contributed by atoms with E-state index in [1.54, 1.807) is 6.92 Å². The minimum atomic E-state index is -0.197. The fraction of sp³-hybridized carbons (Fsp3) is 0.364. The van der Waals surface area contributed by atoms with Crippen LogP contribution in [-0.2, 0) is 16.0 Å². The maximum absolute atomic E-state index is 11.2. The van der Waals surface area contributed by atoms with Crippen molar-refractivity contribution < 1.29 is 9.53 Å². The smallest absolute Gasteiger partial charge is 0.190 e. The van der Waals surface area contributed by atoms with Gasteiger partial charge in [-0.15, -0.1) is 0 Å². The average Bonchev–Trinajstić information content (AvgIpc) is 2.19. The first kappa shape index (κ1) is 8.45. The molecule has 2 rings (SSSR count). The molecule has 1 unspecified atom stereocenters. The van der Waals surface area contributed by atoms with Gasteiger partial charge in [-0.3, -0.25) is 4.79 Å². The van der Waals surface area contributed by atoms with Gasteiger partial charge < -0.3 is 4.74 Å². The fourth-order valence-electron chi connectivity index (χ4n) is 1.55. The lowest BCUT2D eigenvalue weighted by atomic mass is 9.97. The molecule has 0 spiro atoms. The standard InChI is InChI=1S/C11H12O2/c1-8-11(12)10(13-8)7-9-5-3-2-4-6-9/h2-6,8,10H,7H2,1H3/t8?,10-/m0/s1. The molecule has 0 aromatic heterocycles. The van der Waals surface area contributed by atoms with Gasteiger partial charge in [-0.05, 0) is 12.5 Å². The Morgan fingerprint density at radius 3 is 2.54 bits per heavy atom. The van der Waals surface area contributed by atoms with Crippen LogP contribution in [0.4, 0.5) is 0 Å². The molecule has 1 saturated heterocycles. The number of rotatable bonds is 2. The number of hydrogen-bond acceptors (Lipinski definition) is 2. The summed E-state index contributed by atoms with van der Waals surface area (Å²) in [5.41, 5.74) is 1.16. The first-order valence-electron chi connectivity index (χ1n) is 4.50. The minimum Gasteiger partial charge on any atom is -0.359 e. The Balaban J connectivity index is 1.97. The van der Waals surface area contributed by atoms with Crippen molar-refractivity contribution in [2.45, 2.75) is 25.6 Å². The van der Waals surface area contributed by atoms with Gasteiger partial charge in [0.25, 0.3) is 0 Å². The zero-order chi connectivity index (χ0) is 9.26. The summed E-state index contributed by atoms with van der Waals surface area (Å²) < 4.78 is 5.31. The molecule has 2 heteroatoms. The highest BCUT2D eigenvalue weighted by Crippen LogP contribution is 2.19. The quantitative estimate of drug-likeness (QED) is 0.684. The maximum atomic E-state index is 11.2. The molecule has 2 atom stereocenters. The highest BCUT2D eigenvalue weighted by molar-refractivity contribution is 5.91. The lowest BCUT2D eigenvalue weighted by molar-refractivity contribution is -0.168. The molecule has 1 aliphatic heterocycles. The molecule has 1 fully saturated rings. The Hall–Kier alpha value is -1.15. The van der Waals surface area contributed by atoms with Crippen LogP contribution in [0, 0.1) is 0 Å². The minimum absolute atomic E-state index is 0.186. The van der Waals surface area contributed by atoms with Gasteiger partial charge in [0.2, 0.25) is 0 Å². The second-order valence-electron chi connectivity index (χ2n) is 3.36. The Kier molecular flexibility index (Phi) is 2.15. The van der Waals surface area contributed by atoms with Gasteiger partial charge in [0, 0.05) is 6.42 Å². The second-order valence-corrected chi connectivity index (χ2v) is 3.36. The number of ketones is 1. The van der Waals surface area contributed by atoms with Crippen molar-refractivity contribution in [3.8, 4) is 0 Å². The zero-order valence-corrected chi connectivity index (χ0v) is 7.57. The summed E-state index contributed by atoms with van der Waals surface area (Å²) in [6.45, 7) is 1.80. The molecule has 0 aliphatic carbocycles. The van der Waals surface area contributed by atoms with Crippen LogP contribution in [0.2, 0.25) is 0 Å². The Morgan fingerprint density at radius 1 is 1.31 bits per heavy atom. The summed E-state index contributed by atoms with van der Waals surface area (Å²) in [6, 6.07) is 9.94. The number of carbonyl (C=O) groups excluding carboxylic acids is 1. The Labute approximate surface area is 77.5 Å². The molecule has 0 amide bonds. The van der Waals surface area contributed by atoms with Gasteiger partial charge in [-0.25, -0.2) is 0 Å². The third-order valence-corrected chi connectivity index (χ3v) is 2.35. The number of carbonyl (C=O) groups is 1. The van der Waals surface area contributed by atoms with Crippen molar-refractivity contribution >= 4 is 5.78 Å².